The summed E-state index contributed by atoms with van der Waals surface area (Å²) in [6.45, 7) is 1.93. The van der Waals surface area contributed by atoms with Crippen LogP contribution in [0.4, 0.5) is 11.4 Å². The fourth-order valence-corrected chi connectivity index (χ4v) is 1.47. The summed E-state index contributed by atoms with van der Waals surface area (Å²) < 4.78 is 0. The molecule has 1 heterocycles. The van der Waals surface area contributed by atoms with E-state index in [1.54, 1.807) is 5.01 Å². The molecule has 0 fully saturated rings. The van der Waals surface area contributed by atoms with Crippen molar-refractivity contribution in [3.05, 3.63) is 24.3 Å². The van der Waals surface area contributed by atoms with Gasteiger partial charge in [-0.1, -0.05) is 12.1 Å². The van der Waals surface area contributed by atoms with Gasteiger partial charge in [-0.15, -0.1) is 0 Å². The highest BCUT2D eigenvalue weighted by molar-refractivity contribution is 5.69. The van der Waals surface area contributed by atoms with Crippen LogP contribution in [0.15, 0.2) is 24.3 Å². The van der Waals surface area contributed by atoms with Crippen molar-refractivity contribution < 1.29 is 0 Å². The lowest BCUT2D eigenvalue weighted by atomic mass is 10.2. The first-order valence-corrected chi connectivity index (χ1v) is 4.23. The van der Waals surface area contributed by atoms with E-state index in [-0.39, 0.29) is 0 Å². The van der Waals surface area contributed by atoms with Crippen LogP contribution >= 0.6 is 0 Å². The second kappa shape index (κ2) is 3.03. The third-order valence-corrected chi connectivity index (χ3v) is 2.10. The minimum atomic E-state index is 0.921. The number of nitrogens with zero attached hydrogens (tertiary/aromatic N) is 1. The Balaban J connectivity index is 2.39. The van der Waals surface area contributed by atoms with E-state index in [2.05, 4.69) is 11.4 Å². The maximum atomic E-state index is 5.84. The SMILES string of the molecule is NN1CCCNc2ccccc21. The first kappa shape index (κ1) is 7.43. The van der Waals surface area contributed by atoms with Crippen molar-refractivity contribution >= 4 is 11.4 Å². The fourth-order valence-electron chi connectivity index (χ4n) is 1.47. The number of nitrogens with one attached hydrogen (secondary N) is 1. The Morgan fingerprint density at radius 3 is 3.08 bits per heavy atom. The molecule has 3 N–H and O–H groups in total. The molecule has 1 aliphatic rings. The molecular weight excluding hydrogens is 150 g/mol. The summed E-state index contributed by atoms with van der Waals surface area (Å²) in [7, 11) is 0. The van der Waals surface area contributed by atoms with Gasteiger partial charge in [0.1, 0.15) is 0 Å². The number of anilines is 2. The average molecular weight is 163 g/mol. The van der Waals surface area contributed by atoms with Crippen molar-refractivity contribution in [2.45, 2.75) is 6.42 Å². The van der Waals surface area contributed by atoms with Crippen LogP contribution in [0.3, 0.4) is 0 Å². The topological polar surface area (TPSA) is 41.3 Å². The van der Waals surface area contributed by atoms with E-state index in [9.17, 15) is 0 Å². The molecular formula is C9H13N3. The van der Waals surface area contributed by atoms with E-state index >= 15 is 0 Å². The molecule has 0 radical (unpaired) electrons. The van der Waals surface area contributed by atoms with Gasteiger partial charge in [0, 0.05) is 13.1 Å². The molecule has 0 aromatic heterocycles. The zero-order valence-corrected chi connectivity index (χ0v) is 6.96. The quantitative estimate of drug-likeness (QED) is 0.564. The van der Waals surface area contributed by atoms with Gasteiger partial charge in [0.2, 0.25) is 0 Å². The molecule has 0 amide bonds. The number of hydrogen-bond acceptors (Lipinski definition) is 3. The predicted molar refractivity (Wildman–Crippen MR) is 51.1 cm³/mol. The summed E-state index contributed by atoms with van der Waals surface area (Å²) in [4.78, 5) is 0. The molecule has 12 heavy (non-hydrogen) atoms. The third kappa shape index (κ3) is 1.23. The lowest BCUT2D eigenvalue weighted by Crippen LogP contribution is -2.31. The molecule has 3 nitrogen and oxygen atoms in total. The Kier molecular flexibility index (Phi) is 1.87. The van der Waals surface area contributed by atoms with Gasteiger partial charge in [-0.25, -0.2) is 5.84 Å². The van der Waals surface area contributed by atoms with Crippen molar-refractivity contribution in [3.8, 4) is 0 Å². The summed E-state index contributed by atoms with van der Waals surface area (Å²) >= 11 is 0. The Hall–Kier alpha value is -1.22. The highest BCUT2D eigenvalue weighted by atomic mass is 15.4. The zero-order valence-electron chi connectivity index (χ0n) is 6.96. The first-order chi connectivity index (χ1) is 5.88. The smallest absolute Gasteiger partial charge is 0.0748 e. The van der Waals surface area contributed by atoms with Gasteiger partial charge >= 0.3 is 0 Å². The van der Waals surface area contributed by atoms with Gasteiger partial charge in [0.25, 0.3) is 0 Å². The standard InChI is InChI=1S/C9H13N3/c10-12-7-3-6-11-8-4-1-2-5-9(8)12/h1-2,4-5,11H,3,6-7,10H2. The normalized spacial score (nSPS) is 16.2. The van der Waals surface area contributed by atoms with Crippen molar-refractivity contribution in [1.82, 2.24) is 0 Å². The molecule has 64 valence electrons. The molecule has 1 aromatic carbocycles. The van der Waals surface area contributed by atoms with Gasteiger partial charge < -0.3 is 10.3 Å². The van der Waals surface area contributed by atoms with E-state index in [0.29, 0.717) is 0 Å². The number of rotatable bonds is 0. The first-order valence-electron chi connectivity index (χ1n) is 4.23. The molecule has 2 rings (SSSR count). The molecule has 3 heteroatoms. The van der Waals surface area contributed by atoms with Crippen molar-refractivity contribution in [1.29, 1.82) is 0 Å². The number of para-hydroxylation sites is 2. The van der Waals surface area contributed by atoms with Crippen molar-refractivity contribution in [2.24, 2.45) is 5.84 Å². The van der Waals surface area contributed by atoms with Gasteiger partial charge in [-0.3, -0.25) is 0 Å². The average Bonchev–Trinajstić information content (AvgIpc) is 2.29. The number of fused-ring (bicyclic) bond motifs is 1. The molecule has 0 saturated heterocycles. The second-order valence-corrected chi connectivity index (χ2v) is 2.99. The van der Waals surface area contributed by atoms with Crippen LogP contribution in [0, 0.1) is 0 Å². The molecule has 0 aliphatic carbocycles. The van der Waals surface area contributed by atoms with Crippen LogP contribution in [0.1, 0.15) is 6.42 Å². The van der Waals surface area contributed by atoms with Crippen molar-refractivity contribution in [3.63, 3.8) is 0 Å². The summed E-state index contributed by atoms with van der Waals surface area (Å²) in [6.07, 6.45) is 1.09. The maximum Gasteiger partial charge on any atom is 0.0748 e. The highest BCUT2D eigenvalue weighted by Gasteiger charge is 2.09. The molecule has 0 spiro atoms. The minimum absolute atomic E-state index is 0.921. The lowest BCUT2D eigenvalue weighted by molar-refractivity contribution is 0.797. The van der Waals surface area contributed by atoms with E-state index in [0.717, 1.165) is 30.9 Å². The molecule has 1 aromatic rings. The van der Waals surface area contributed by atoms with Crippen LogP contribution in [0.5, 0.6) is 0 Å². The Morgan fingerprint density at radius 2 is 2.17 bits per heavy atom. The summed E-state index contributed by atoms with van der Waals surface area (Å²) in [5, 5.41) is 5.13. The van der Waals surface area contributed by atoms with Gasteiger partial charge in [-0.05, 0) is 18.6 Å². The van der Waals surface area contributed by atoms with E-state index < -0.39 is 0 Å². The predicted octanol–water partition coefficient (Wildman–Crippen LogP) is 1.18. The maximum absolute atomic E-state index is 5.84. The van der Waals surface area contributed by atoms with E-state index in [1.807, 2.05) is 18.2 Å². The van der Waals surface area contributed by atoms with Crippen LogP contribution in [-0.2, 0) is 0 Å². The van der Waals surface area contributed by atoms with E-state index in [4.69, 9.17) is 5.84 Å². The summed E-state index contributed by atoms with van der Waals surface area (Å²) in [5.74, 6) is 5.84. The Bertz CT molecular complexity index is 272. The van der Waals surface area contributed by atoms with Crippen molar-refractivity contribution in [2.75, 3.05) is 23.4 Å². The third-order valence-electron chi connectivity index (χ3n) is 2.10. The molecule has 0 atom stereocenters. The van der Waals surface area contributed by atoms with Gasteiger partial charge in [0.15, 0.2) is 0 Å². The number of hydrogen-bond donors (Lipinski definition) is 2. The molecule has 0 saturated carbocycles. The molecule has 0 bridgehead atoms. The van der Waals surface area contributed by atoms with Gasteiger partial charge in [-0.2, -0.15) is 0 Å². The molecule has 1 aliphatic heterocycles. The fraction of sp³-hybridized carbons (Fsp3) is 0.333. The second-order valence-electron chi connectivity index (χ2n) is 2.99. The van der Waals surface area contributed by atoms with Crippen LogP contribution in [-0.4, -0.2) is 13.1 Å². The Labute approximate surface area is 72.1 Å². The Morgan fingerprint density at radius 1 is 1.33 bits per heavy atom. The van der Waals surface area contributed by atoms with Gasteiger partial charge in [0.05, 0.1) is 11.4 Å². The highest BCUT2D eigenvalue weighted by Crippen LogP contribution is 2.25. The van der Waals surface area contributed by atoms with Crippen LogP contribution < -0.4 is 16.2 Å². The number of benzene rings is 1. The van der Waals surface area contributed by atoms with E-state index in [1.165, 1.54) is 0 Å². The lowest BCUT2D eigenvalue weighted by Gasteiger charge is -2.17. The zero-order chi connectivity index (χ0) is 8.39. The summed E-state index contributed by atoms with van der Waals surface area (Å²) in [5.41, 5.74) is 2.23. The van der Waals surface area contributed by atoms with Crippen LogP contribution in [0.25, 0.3) is 0 Å². The monoisotopic (exact) mass is 163 g/mol. The minimum Gasteiger partial charge on any atom is -0.383 e. The number of hydrazine groups is 1. The molecule has 0 unspecified atom stereocenters. The number of nitrogens with two attached hydrogens (primary N) is 1. The largest absolute Gasteiger partial charge is 0.383 e. The summed E-state index contributed by atoms with van der Waals surface area (Å²) in [6, 6.07) is 8.12. The van der Waals surface area contributed by atoms with Crippen LogP contribution in [0.2, 0.25) is 0 Å².